The minimum atomic E-state index is -0.466. The number of nitrogens with one attached hydrogen (secondary N) is 1. The molecular weight excluding hydrogens is 623 g/mol. The fourth-order valence-electron chi connectivity index (χ4n) is 3.19. The molecule has 1 aromatic heterocycles. The summed E-state index contributed by atoms with van der Waals surface area (Å²) in [5.41, 5.74) is 4.65. The molecular formula is C25H18Br2Cl2N2O4. The van der Waals surface area contributed by atoms with Gasteiger partial charge in [-0.15, -0.1) is 0 Å². The first-order chi connectivity index (χ1) is 16.8. The van der Waals surface area contributed by atoms with E-state index in [9.17, 15) is 4.79 Å². The zero-order valence-corrected chi connectivity index (χ0v) is 23.0. The van der Waals surface area contributed by atoms with Crippen LogP contribution >= 0.6 is 55.1 Å². The molecule has 180 valence electrons. The van der Waals surface area contributed by atoms with Crippen molar-refractivity contribution in [3.63, 3.8) is 0 Å². The molecule has 0 aliphatic rings. The summed E-state index contributed by atoms with van der Waals surface area (Å²) in [6, 6.07) is 16.1. The number of ether oxygens (including phenoxy) is 2. The number of amides is 1. The summed E-state index contributed by atoms with van der Waals surface area (Å²) in [4.78, 5) is 12.5. The third kappa shape index (κ3) is 6.38. The topological polar surface area (TPSA) is 73.1 Å². The van der Waals surface area contributed by atoms with Gasteiger partial charge >= 0.3 is 5.91 Å². The number of nitrogens with zero attached hydrogens (tertiary/aromatic N) is 1. The Balaban J connectivity index is 1.43. The van der Waals surface area contributed by atoms with E-state index in [2.05, 4.69) is 42.4 Å². The van der Waals surface area contributed by atoms with Crippen molar-refractivity contribution in [2.45, 2.75) is 13.5 Å². The second-order valence-electron chi connectivity index (χ2n) is 7.29. The van der Waals surface area contributed by atoms with E-state index in [-0.39, 0.29) is 5.76 Å². The lowest BCUT2D eigenvalue weighted by atomic mass is 10.2. The predicted octanol–water partition coefficient (Wildman–Crippen LogP) is 8.01. The number of benzene rings is 3. The number of carbonyl (C=O) groups is 1. The van der Waals surface area contributed by atoms with Crippen LogP contribution in [0.2, 0.25) is 10.0 Å². The molecule has 4 rings (SSSR count). The average Bonchev–Trinajstić information content (AvgIpc) is 3.25. The van der Waals surface area contributed by atoms with Crippen molar-refractivity contribution >= 4 is 78.2 Å². The minimum Gasteiger partial charge on any atom is -0.490 e. The highest BCUT2D eigenvalue weighted by atomic mass is 79.9. The molecule has 0 fully saturated rings. The smallest absolute Gasteiger partial charge is 0.307 e. The van der Waals surface area contributed by atoms with Crippen LogP contribution in [0.25, 0.3) is 11.0 Å². The Morgan fingerprint density at radius 3 is 2.63 bits per heavy atom. The SMILES string of the molecule is CCOc1cc(/C=N\NC(=O)c2cc3cc(Br)cc(Br)c3o2)ccc1OCc1ccc(Cl)c(Cl)c1. The monoisotopic (exact) mass is 638 g/mol. The van der Waals surface area contributed by atoms with Crippen LogP contribution in [0, 0.1) is 0 Å². The number of fused-ring (bicyclic) bond motifs is 1. The van der Waals surface area contributed by atoms with Crippen LogP contribution in [-0.2, 0) is 6.61 Å². The standard InChI is InChI=1S/C25H18Br2Cl2N2O4/c1-2-33-22-8-14(4-6-21(22)34-13-15-3-5-19(28)20(29)7-15)12-30-31-25(32)23-10-16-9-17(26)11-18(27)24(16)35-23/h3-12H,2,13H2,1H3,(H,31,32)/b30-12-. The Kier molecular flexibility index (Phi) is 8.38. The van der Waals surface area contributed by atoms with Gasteiger partial charge in [0.25, 0.3) is 0 Å². The lowest BCUT2D eigenvalue weighted by Crippen LogP contribution is -2.16. The van der Waals surface area contributed by atoms with Gasteiger partial charge in [0.15, 0.2) is 17.3 Å². The molecule has 35 heavy (non-hydrogen) atoms. The second kappa shape index (κ2) is 11.5. The molecule has 1 amide bonds. The van der Waals surface area contributed by atoms with Crippen molar-refractivity contribution < 1.29 is 18.7 Å². The van der Waals surface area contributed by atoms with Crippen molar-refractivity contribution in [1.29, 1.82) is 0 Å². The van der Waals surface area contributed by atoms with E-state index in [1.807, 2.05) is 25.1 Å². The number of carbonyl (C=O) groups excluding carboxylic acids is 1. The molecule has 1 heterocycles. The maximum Gasteiger partial charge on any atom is 0.307 e. The molecule has 10 heteroatoms. The van der Waals surface area contributed by atoms with Crippen LogP contribution in [0.3, 0.4) is 0 Å². The summed E-state index contributed by atoms with van der Waals surface area (Å²) >= 11 is 18.9. The van der Waals surface area contributed by atoms with Crippen molar-refractivity contribution in [2.24, 2.45) is 5.10 Å². The molecule has 0 radical (unpaired) electrons. The van der Waals surface area contributed by atoms with E-state index in [4.69, 9.17) is 37.1 Å². The number of hydrogen-bond acceptors (Lipinski definition) is 5. The predicted molar refractivity (Wildman–Crippen MR) is 145 cm³/mol. The Bertz CT molecular complexity index is 1420. The van der Waals surface area contributed by atoms with Gasteiger partial charge in [-0.1, -0.05) is 45.2 Å². The van der Waals surface area contributed by atoms with Crippen molar-refractivity contribution in [3.8, 4) is 11.5 Å². The largest absolute Gasteiger partial charge is 0.490 e. The third-order valence-electron chi connectivity index (χ3n) is 4.79. The molecule has 3 aromatic carbocycles. The number of rotatable bonds is 8. The Labute approximate surface area is 228 Å². The number of hydrazone groups is 1. The molecule has 0 saturated carbocycles. The normalized spacial score (nSPS) is 11.2. The summed E-state index contributed by atoms with van der Waals surface area (Å²) in [6.45, 7) is 2.64. The first-order valence-electron chi connectivity index (χ1n) is 10.4. The van der Waals surface area contributed by atoms with E-state index >= 15 is 0 Å². The molecule has 4 aromatic rings. The van der Waals surface area contributed by atoms with E-state index < -0.39 is 5.91 Å². The van der Waals surface area contributed by atoms with Crippen molar-refractivity contribution in [2.75, 3.05) is 6.61 Å². The first kappa shape index (κ1) is 25.6. The van der Waals surface area contributed by atoms with Gasteiger partial charge < -0.3 is 13.9 Å². The molecule has 0 atom stereocenters. The summed E-state index contributed by atoms with van der Waals surface area (Å²) in [5, 5.41) is 5.79. The van der Waals surface area contributed by atoms with E-state index in [0.29, 0.717) is 45.9 Å². The van der Waals surface area contributed by atoms with E-state index in [0.717, 1.165) is 19.9 Å². The van der Waals surface area contributed by atoms with Crippen LogP contribution in [0.1, 0.15) is 28.6 Å². The zero-order chi connectivity index (χ0) is 24.9. The fourth-order valence-corrected chi connectivity index (χ4v) is 4.85. The van der Waals surface area contributed by atoms with Gasteiger partial charge in [0, 0.05) is 9.86 Å². The third-order valence-corrected chi connectivity index (χ3v) is 6.57. The molecule has 0 bridgehead atoms. The Morgan fingerprint density at radius 1 is 1.03 bits per heavy atom. The highest BCUT2D eigenvalue weighted by Crippen LogP contribution is 2.32. The lowest BCUT2D eigenvalue weighted by Gasteiger charge is -2.13. The van der Waals surface area contributed by atoms with E-state index in [1.54, 1.807) is 36.4 Å². The highest BCUT2D eigenvalue weighted by molar-refractivity contribution is 9.11. The maximum atomic E-state index is 12.5. The van der Waals surface area contributed by atoms with Crippen molar-refractivity contribution in [3.05, 3.63) is 90.5 Å². The van der Waals surface area contributed by atoms with Crippen LogP contribution in [0.15, 0.2) is 73.1 Å². The van der Waals surface area contributed by atoms with Crippen molar-refractivity contribution in [1.82, 2.24) is 5.43 Å². The molecule has 0 spiro atoms. The number of furan rings is 1. The quantitative estimate of drug-likeness (QED) is 0.156. The van der Waals surface area contributed by atoms with Crippen LogP contribution < -0.4 is 14.9 Å². The zero-order valence-electron chi connectivity index (χ0n) is 18.3. The molecule has 0 aliphatic carbocycles. The van der Waals surface area contributed by atoms with Gasteiger partial charge in [-0.2, -0.15) is 5.10 Å². The van der Waals surface area contributed by atoms with Gasteiger partial charge in [-0.3, -0.25) is 4.79 Å². The minimum absolute atomic E-state index is 0.150. The number of halogens is 4. The van der Waals surface area contributed by atoms with E-state index in [1.165, 1.54) is 6.21 Å². The number of hydrogen-bond donors (Lipinski definition) is 1. The van der Waals surface area contributed by atoms with Gasteiger partial charge in [0.05, 0.1) is 27.3 Å². The fraction of sp³-hybridized carbons (Fsp3) is 0.120. The van der Waals surface area contributed by atoms with Gasteiger partial charge in [0.2, 0.25) is 0 Å². The Morgan fingerprint density at radius 2 is 1.86 bits per heavy atom. The van der Waals surface area contributed by atoms with Crippen LogP contribution in [0.4, 0.5) is 0 Å². The molecule has 6 nitrogen and oxygen atoms in total. The maximum absolute atomic E-state index is 12.5. The molecule has 0 unspecified atom stereocenters. The van der Waals surface area contributed by atoms with Gasteiger partial charge in [-0.25, -0.2) is 5.43 Å². The van der Waals surface area contributed by atoms with Crippen LogP contribution in [0.5, 0.6) is 11.5 Å². The van der Waals surface area contributed by atoms with Crippen LogP contribution in [-0.4, -0.2) is 18.7 Å². The first-order valence-corrected chi connectivity index (χ1v) is 12.7. The Hall–Kier alpha value is -2.52. The summed E-state index contributed by atoms with van der Waals surface area (Å²) in [6.07, 6.45) is 1.51. The summed E-state index contributed by atoms with van der Waals surface area (Å²) in [5.74, 6) is 0.803. The second-order valence-corrected chi connectivity index (χ2v) is 9.88. The summed E-state index contributed by atoms with van der Waals surface area (Å²) < 4.78 is 18.9. The summed E-state index contributed by atoms with van der Waals surface area (Å²) in [7, 11) is 0. The molecule has 0 saturated heterocycles. The lowest BCUT2D eigenvalue weighted by molar-refractivity contribution is 0.0929. The van der Waals surface area contributed by atoms with Gasteiger partial charge in [-0.05, 0) is 82.5 Å². The molecule has 0 aliphatic heterocycles. The molecule has 1 N–H and O–H groups in total. The van der Waals surface area contributed by atoms with Gasteiger partial charge in [0.1, 0.15) is 12.2 Å². The highest BCUT2D eigenvalue weighted by Gasteiger charge is 2.14. The average molecular weight is 641 g/mol.